The first-order valence-corrected chi connectivity index (χ1v) is 7.70. The van der Waals surface area contributed by atoms with Crippen LogP contribution in [-0.2, 0) is 6.54 Å². The first kappa shape index (κ1) is 15.5. The normalized spacial score (nSPS) is 13.4. The molecule has 1 aromatic carbocycles. The maximum Gasteiger partial charge on any atom is 0.390 e. The molecular weight excluding hydrogens is 351 g/mol. The van der Waals surface area contributed by atoms with Gasteiger partial charge in [0.05, 0.1) is 6.42 Å². The van der Waals surface area contributed by atoms with Crippen molar-refractivity contribution >= 4 is 27.3 Å². The van der Waals surface area contributed by atoms with Gasteiger partial charge in [0.25, 0.3) is 0 Å². The van der Waals surface area contributed by atoms with Crippen molar-refractivity contribution in [3.63, 3.8) is 0 Å². The van der Waals surface area contributed by atoms with Gasteiger partial charge in [-0.15, -0.1) is 11.3 Å². The zero-order chi connectivity index (χ0) is 14.6. The number of rotatable bonds is 5. The first-order valence-electron chi connectivity index (χ1n) is 6.02. The summed E-state index contributed by atoms with van der Waals surface area (Å²) < 4.78 is 39.0. The Labute approximate surface area is 128 Å². The third-order valence-electron chi connectivity index (χ3n) is 2.84. The molecule has 108 valence electrons. The van der Waals surface area contributed by atoms with E-state index in [2.05, 4.69) is 21.2 Å². The summed E-state index contributed by atoms with van der Waals surface area (Å²) in [5.41, 5.74) is 0.650. The highest BCUT2D eigenvalue weighted by Crippen LogP contribution is 2.30. The van der Waals surface area contributed by atoms with Gasteiger partial charge in [-0.3, -0.25) is 0 Å². The third kappa shape index (κ3) is 4.61. The molecule has 2 rings (SSSR count). The van der Waals surface area contributed by atoms with Gasteiger partial charge < -0.3 is 5.32 Å². The Kier molecular flexibility index (Phi) is 5.23. The molecule has 0 aliphatic rings. The van der Waals surface area contributed by atoms with Crippen molar-refractivity contribution in [1.82, 2.24) is 5.32 Å². The quantitative estimate of drug-likeness (QED) is 0.760. The number of nitrogens with one attached hydrogen (secondary N) is 1. The van der Waals surface area contributed by atoms with Crippen LogP contribution in [-0.4, -0.2) is 6.18 Å². The van der Waals surface area contributed by atoms with E-state index in [0.29, 0.717) is 12.1 Å². The molecule has 1 nitrogen and oxygen atoms in total. The SMILES string of the molecule is FC(F)(F)CC(NCc1sccc1Br)c1ccccc1. The van der Waals surface area contributed by atoms with E-state index in [-0.39, 0.29) is 0 Å². The van der Waals surface area contributed by atoms with Gasteiger partial charge >= 0.3 is 6.18 Å². The average molecular weight is 364 g/mol. The standard InChI is InChI=1S/C14H13BrF3NS/c15-11-6-7-20-13(11)9-19-12(8-14(16,17)18)10-4-2-1-3-5-10/h1-7,12,19H,8-9H2. The molecule has 1 heterocycles. The van der Waals surface area contributed by atoms with Gasteiger partial charge in [-0.2, -0.15) is 13.2 Å². The molecule has 1 unspecified atom stereocenters. The number of benzene rings is 1. The Morgan fingerprint density at radius 1 is 1.15 bits per heavy atom. The van der Waals surface area contributed by atoms with Crippen LogP contribution < -0.4 is 5.32 Å². The molecule has 1 atom stereocenters. The van der Waals surface area contributed by atoms with Crippen LogP contribution in [0.4, 0.5) is 13.2 Å². The molecule has 0 spiro atoms. The van der Waals surface area contributed by atoms with E-state index in [0.717, 1.165) is 9.35 Å². The van der Waals surface area contributed by atoms with Crippen molar-refractivity contribution < 1.29 is 13.2 Å². The average Bonchev–Trinajstić information content (AvgIpc) is 2.80. The van der Waals surface area contributed by atoms with Crippen LogP contribution in [0.1, 0.15) is 22.9 Å². The number of alkyl halides is 3. The number of hydrogen-bond donors (Lipinski definition) is 1. The van der Waals surface area contributed by atoms with Gasteiger partial charge in [0.1, 0.15) is 0 Å². The molecule has 20 heavy (non-hydrogen) atoms. The molecule has 2 aromatic rings. The second kappa shape index (κ2) is 6.74. The molecule has 1 aromatic heterocycles. The molecule has 0 saturated heterocycles. The molecule has 6 heteroatoms. The van der Waals surface area contributed by atoms with Gasteiger partial charge in [-0.1, -0.05) is 30.3 Å². The van der Waals surface area contributed by atoms with E-state index >= 15 is 0 Å². The molecule has 0 amide bonds. The third-order valence-corrected chi connectivity index (χ3v) is 4.76. The lowest BCUT2D eigenvalue weighted by Gasteiger charge is -2.20. The minimum Gasteiger partial charge on any atom is -0.305 e. The molecular formula is C14H13BrF3NS. The zero-order valence-corrected chi connectivity index (χ0v) is 12.9. The van der Waals surface area contributed by atoms with Gasteiger partial charge in [-0.25, -0.2) is 0 Å². The van der Waals surface area contributed by atoms with E-state index < -0.39 is 18.6 Å². The van der Waals surface area contributed by atoms with E-state index in [1.54, 1.807) is 30.3 Å². The minimum atomic E-state index is -4.19. The van der Waals surface area contributed by atoms with E-state index in [9.17, 15) is 13.2 Å². The summed E-state index contributed by atoms with van der Waals surface area (Å²) in [4.78, 5) is 0.994. The Hall–Kier alpha value is -0.850. The predicted molar refractivity (Wildman–Crippen MR) is 78.7 cm³/mol. The van der Waals surface area contributed by atoms with Crippen LogP contribution >= 0.6 is 27.3 Å². The Morgan fingerprint density at radius 3 is 2.40 bits per heavy atom. The highest BCUT2D eigenvalue weighted by molar-refractivity contribution is 9.10. The van der Waals surface area contributed by atoms with E-state index in [1.807, 2.05) is 11.4 Å². The smallest absolute Gasteiger partial charge is 0.305 e. The van der Waals surface area contributed by atoms with E-state index in [4.69, 9.17) is 0 Å². The number of halogens is 4. The van der Waals surface area contributed by atoms with Crippen LogP contribution in [0.3, 0.4) is 0 Å². The topological polar surface area (TPSA) is 12.0 Å². The molecule has 0 saturated carbocycles. The number of hydrogen-bond acceptors (Lipinski definition) is 2. The molecule has 0 radical (unpaired) electrons. The minimum absolute atomic E-state index is 0.411. The van der Waals surface area contributed by atoms with Crippen LogP contribution in [0.25, 0.3) is 0 Å². The van der Waals surface area contributed by atoms with E-state index in [1.165, 1.54) is 11.3 Å². The molecule has 0 aliphatic carbocycles. The fraction of sp³-hybridized carbons (Fsp3) is 0.286. The van der Waals surface area contributed by atoms with Crippen molar-refractivity contribution in [3.05, 3.63) is 56.7 Å². The highest BCUT2D eigenvalue weighted by atomic mass is 79.9. The summed E-state index contributed by atoms with van der Waals surface area (Å²) in [6, 6.07) is 9.89. The summed E-state index contributed by atoms with van der Waals surface area (Å²) in [6.07, 6.45) is -5.07. The lowest BCUT2D eigenvalue weighted by molar-refractivity contribution is -0.140. The van der Waals surface area contributed by atoms with Gasteiger partial charge in [0.2, 0.25) is 0 Å². The second-order valence-corrected chi connectivity index (χ2v) is 6.21. The zero-order valence-electron chi connectivity index (χ0n) is 10.5. The van der Waals surface area contributed by atoms with Crippen molar-refractivity contribution in [2.75, 3.05) is 0 Å². The van der Waals surface area contributed by atoms with Gasteiger partial charge in [0, 0.05) is 21.9 Å². The molecule has 0 aliphatic heterocycles. The Bertz CT molecular complexity index is 539. The van der Waals surface area contributed by atoms with Crippen molar-refractivity contribution in [3.8, 4) is 0 Å². The summed E-state index contributed by atoms with van der Waals surface area (Å²) >= 11 is 4.90. The molecule has 0 fully saturated rings. The molecule has 1 N–H and O–H groups in total. The van der Waals surface area contributed by atoms with Crippen molar-refractivity contribution in [1.29, 1.82) is 0 Å². The highest BCUT2D eigenvalue weighted by Gasteiger charge is 2.32. The Morgan fingerprint density at radius 2 is 1.85 bits per heavy atom. The lowest BCUT2D eigenvalue weighted by Crippen LogP contribution is -2.26. The van der Waals surface area contributed by atoms with Crippen molar-refractivity contribution in [2.24, 2.45) is 0 Å². The van der Waals surface area contributed by atoms with Crippen LogP contribution in [0, 0.1) is 0 Å². The predicted octanol–water partition coefficient (Wildman–Crippen LogP) is 5.29. The fourth-order valence-corrected chi connectivity index (χ4v) is 3.34. The number of thiophene rings is 1. The summed E-state index contributed by atoms with van der Waals surface area (Å²) in [5, 5.41) is 4.90. The second-order valence-electron chi connectivity index (χ2n) is 4.36. The summed E-state index contributed by atoms with van der Waals surface area (Å²) in [7, 11) is 0. The van der Waals surface area contributed by atoms with Crippen molar-refractivity contribution in [2.45, 2.75) is 25.2 Å². The van der Waals surface area contributed by atoms with Crippen LogP contribution in [0.2, 0.25) is 0 Å². The fourth-order valence-electron chi connectivity index (χ4n) is 1.89. The maximum absolute atomic E-state index is 12.7. The largest absolute Gasteiger partial charge is 0.390 e. The lowest BCUT2D eigenvalue weighted by atomic mass is 10.0. The molecule has 0 bridgehead atoms. The van der Waals surface area contributed by atoms with Gasteiger partial charge in [0.15, 0.2) is 0 Å². The van der Waals surface area contributed by atoms with Crippen LogP contribution in [0.5, 0.6) is 0 Å². The Balaban J connectivity index is 2.09. The van der Waals surface area contributed by atoms with Crippen LogP contribution in [0.15, 0.2) is 46.3 Å². The first-order chi connectivity index (χ1) is 9.46. The van der Waals surface area contributed by atoms with Gasteiger partial charge in [-0.05, 0) is 32.9 Å². The summed E-state index contributed by atoms with van der Waals surface area (Å²) in [5.74, 6) is 0. The monoisotopic (exact) mass is 363 g/mol. The maximum atomic E-state index is 12.7. The summed E-state index contributed by atoms with van der Waals surface area (Å²) in [6.45, 7) is 0.411.